The van der Waals surface area contributed by atoms with E-state index in [2.05, 4.69) is 48.5 Å². The topological polar surface area (TPSA) is 0 Å². The number of hydrogen-bond donors (Lipinski definition) is 0. The molecular formula is C30H67N2S+3. The monoisotopic (exact) mass is 488 g/mol. The predicted molar refractivity (Wildman–Crippen MR) is 157 cm³/mol. The molecule has 0 atom stereocenters. The SMILES string of the molecule is CC[S+](CCCCCCCC[N+](CC)(CC)CC)CCCCCCCC[N+](CC)(CC)CC. The maximum atomic E-state index is 2.43. The lowest BCUT2D eigenvalue weighted by Crippen LogP contribution is -2.48. The summed E-state index contributed by atoms with van der Waals surface area (Å²) < 4.78 is 2.66. The zero-order valence-corrected chi connectivity index (χ0v) is 25.4. The number of quaternary nitrogens is 2. The van der Waals surface area contributed by atoms with Gasteiger partial charge in [0, 0.05) is 0 Å². The van der Waals surface area contributed by atoms with Crippen LogP contribution in [-0.4, -0.2) is 78.6 Å². The third-order valence-electron chi connectivity index (χ3n) is 9.06. The van der Waals surface area contributed by atoms with Crippen LogP contribution in [0.2, 0.25) is 0 Å². The second-order valence-electron chi connectivity index (χ2n) is 10.6. The predicted octanol–water partition coefficient (Wildman–Crippen LogP) is 8.06. The summed E-state index contributed by atoms with van der Waals surface area (Å²) in [7, 11) is 0.715. The van der Waals surface area contributed by atoms with Crippen LogP contribution < -0.4 is 0 Å². The van der Waals surface area contributed by atoms with Crippen LogP contribution in [0.1, 0.15) is 126 Å². The molecule has 0 saturated heterocycles. The van der Waals surface area contributed by atoms with Crippen molar-refractivity contribution in [3.05, 3.63) is 0 Å². The van der Waals surface area contributed by atoms with E-state index in [1.165, 1.54) is 156 Å². The van der Waals surface area contributed by atoms with Crippen molar-refractivity contribution in [2.24, 2.45) is 0 Å². The van der Waals surface area contributed by atoms with Crippen molar-refractivity contribution in [3.63, 3.8) is 0 Å². The lowest BCUT2D eigenvalue weighted by atomic mass is 10.1. The smallest absolute Gasteiger partial charge is 0.108 e. The van der Waals surface area contributed by atoms with Crippen LogP contribution >= 0.6 is 0 Å². The first-order chi connectivity index (χ1) is 16.0. The number of hydrogen-bond acceptors (Lipinski definition) is 0. The van der Waals surface area contributed by atoms with Gasteiger partial charge in [0.25, 0.3) is 0 Å². The lowest BCUT2D eigenvalue weighted by Gasteiger charge is -2.35. The second kappa shape index (κ2) is 21.5. The summed E-state index contributed by atoms with van der Waals surface area (Å²) in [5, 5.41) is 0. The lowest BCUT2D eigenvalue weighted by molar-refractivity contribution is -0.923. The highest BCUT2D eigenvalue weighted by atomic mass is 32.2. The zero-order valence-electron chi connectivity index (χ0n) is 24.6. The van der Waals surface area contributed by atoms with Crippen LogP contribution in [0.15, 0.2) is 0 Å². The Morgan fingerprint density at radius 3 is 0.909 bits per heavy atom. The molecule has 0 aliphatic heterocycles. The molecule has 200 valence electrons. The number of nitrogens with zero attached hydrogens (tertiary/aromatic N) is 2. The molecule has 2 nitrogen and oxygen atoms in total. The van der Waals surface area contributed by atoms with E-state index >= 15 is 0 Å². The van der Waals surface area contributed by atoms with Gasteiger partial charge >= 0.3 is 0 Å². The summed E-state index contributed by atoms with van der Waals surface area (Å²) >= 11 is 0. The second-order valence-corrected chi connectivity index (χ2v) is 13.2. The third kappa shape index (κ3) is 15.1. The Hall–Kier alpha value is 0.270. The van der Waals surface area contributed by atoms with Gasteiger partial charge in [0.2, 0.25) is 0 Å². The minimum atomic E-state index is 0.715. The van der Waals surface area contributed by atoms with Crippen molar-refractivity contribution in [1.82, 2.24) is 0 Å². The van der Waals surface area contributed by atoms with E-state index in [1.807, 2.05) is 0 Å². The Balaban J connectivity index is 3.65. The fourth-order valence-electron chi connectivity index (χ4n) is 5.60. The highest BCUT2D eigenvalue weighted by molar-refractivity contribution is 7.96. The van der Waals surface area contributed by atoms with Crippen molar-refractivity contribution in [1.29, 1.82) is 0 Å². The molecule has 0 aromatic rings. The van der Waals surface area contributed by atoms with Gasteiger partial charge in [-0.2, -0.15) is 0 Å². The summed E-state index contributed by atoms with van der Waals surface area (Å²) in [5.74, 6) is 4.46. The van der Waals surface area contributed by atoms with Crippen LogP contribution in [0.3, 0.4) is 0 Å². The molecule has 0 aromatic carbocycles. The Labute approximate surface area is 214 Å². The molecule has 0 aliphatic rings. The molecule has 0 bridgehead atoms. The minimum Gasteiger partial charge on any atom is -0.324 e. The van der Waals surface area contributed by atoms with Crippen molar-refractivity contribution in [3.8, 4) is 0 Å². The molecule has 0 saturated carbocycles. The molecule has 0 fully saturated rings. The summed E-state index contributed by atoms with van der Waals surface area (Å²) in [6, 6.07) is 0. The van der Waals surface area contributed by atoms with Crippen molar-refractivity contribution in [2.75, 3.05) is 69.6 Å². The normalized spacial score (nSPS) is 12.7. The summed E-state index contributed by atoms with van der Waals surface area (Å²) in [4.78, 5) is 0. The Bertz CT molecular complexity index is 352. The van der Waals surface area contributed by atoms with Gasteiger partial charge in [-0.3, -0.25) is 0 Å². The van der Waals surface area contributed by atoms with Gasteiger partial charge in [-0.25, -0.2) is 0 Å². The zero-order chi connectivity index (χ0) is 24.8. The molecule has 0 spiro atoms. The molecule has 0 rings (SSSR count). The first-order valence-corrected chi connectivity index (χ1v) is 17.1. The molecule has 0 aromatic heterocycles. The molecule has 0 aliphatic carbocycles. The molecule has 0 unspecified atom stereocenters. The van der Waals surface area contributed by atoms with Gasteiger partial charge in [-0.15, -0.1) is 0 Å². The van der Waals surface area contributed by atoms with Gasteiger partial charge in [-0.1, -0.05) is 25.7 Å². The molecule has 3 heteroatoms. The van der Waals surface area contributed by atoms with Gasteiger partial charge in [0.05, 0.1) is 52.4 Å². The van der Waals surface area contributed by atoms with Crippen molar-refractivity contribution >= 4 is 10.9 Å². The van der Waals surface area contributed by atoms with E-state index in [-0.39, 0.29) is 0 Å². The molecular weight excluding hydrogens is 420 g/mol. The van der Waals surface area contributed by atoms with Gasteiger partial charge in [0.1, 0.15) is 17.3 Å². The third-order valence-corrected chi connectivity index (χ3v) is 11.6. The number of rotatable bonds is 25. The molecule has 33 heavy (non-hydrogen) atoms. The van der Waals surface area contributed by atoms with Crippen LogP contribution in [0.25, 0.3) is 0 Å². The van der Waals surface area contributed by atoms with E-state index in [4.69, 9.17) is 0 Å². The molecule has 0 N–H and O–H groups in total. The first-order valence-electron chi connectivity index (χ1n) is 15.3. The van der Waals surface area contributed by atoms with Crippen LogP contribution in [-0.2, 0) is 10.9 Å². The molecule has 0 heterocycles. The van der Waals surface area contributed by atoms with E-state index < -0.39 is 0 Å². The average Bonchev–Trinajstić information content (AvgIpc) is 2.86. The van der Waals surface area contributed by atoms with Crippen molar-refractivity contribution < 1.29 is 8.97 Å². The van der Waals surface area contributed by atoms with E-state index in [9.17, 15) is 0 Å². The Kier molecular flexibility index (Phi) is 21.7. The summed E-state index contributed by atoms with van der Waals surface area (Å²) in [6.07, 6.45) is 17.6. The standard InChI is InChI=1S/C30H67N2S/c1-8-31(9-2,10-3)27-23-19-15-17-21-25-29-33(14-7)30-26-22-18-16-20-24-28-32(11-4,12-5)13-6/h8-30H2,1-7H3/q+3. The van der Waals surface area contributed by atoms with E-state index in [0.29, 0.717) is 10.9 Å². The Morgan fingerprint density at radius 2 is 0.636 bits per heavy atom. The highest BCUT2D eigenvalue weighted by Crippen LogP contribution is 2.15. The summed E-state index contributed by atoms with van der Waals surface area (Å²) in [5.41, 5.74) is 0. The average molecular weight is 488 g/mol. The van der Waals surface area contributed by atoms with Gasteiger partial charge < -0.3 is 8.97 Å². The largest absolute Gasteiger partial charge is 0.324 e. The van der Waals surface area contributed by atoms with E-state index in [0.717, 1.165) is 0 Å². The van der Waals surface area contributed by atoms with Gasteiger partial charge in [0.15, 0.2) is 0 Å². The maximum Gasteiger partial charge on any atom is 0.108 e. The molecule has 0 amide bonds. The quantitative estimate of drug-likeness (QED) is 0.0694. The van der Waals surface area contributed by atoms with Gasteiger partial charge in [-0.05, 0) is 111 Å². The molecule has 0 radical (unpaired) electrons. The first kappa shape index (κ1) is 33.3. The van der Waals surface area contributed by atoms with Crippen LogP contribution in [0, 0.1) is 0 Å². The maximum absolute atomic E-state index is 2.43. The fraction of sp³-hybridized carbons (Fsp3) is 1.00. The number of unbranched alkanes of at least 4 members (excludes halogenated alkanes) is 10. The fourth-order valence-corrected chi connectivity index (χ4v) is 7.61. The Morgan fingerprint density at radius 1 is 0.364 bits per heavy atom. The van der Waals surface area contributed by atoms with Crippen LogP contribution in [0.4, 0.5) is 0 Å². The van der Waals surface area contributed by atoms with E-state index in [1.54, 1.807) is 0 Å². The minimum absolute atomic E-state index is 0.715. The highest BCUT2D eigenvalue weighted by Gasteiger charge is 2.20. The summed E-state index contributed by atoms with van der Waals surface area (Å²) in [6.45, 7) is 27.3. The van der Waals surface area contributed by atoms with Crippen LogP contribution in [0.5, 0.6) is 0 Å². The van der Waals surface area contributed by atoms with Crippen molar-refractivity contribution in [2.45, 2.75) is 126 Å².